The number of amides is 2. The number of aromatic nitrogens is 1. The molecule has 38 heavy (non-hydrogen) atoms. The Morgan fingerprint density at radius 3 is 2.32 bits per heavy atom. The molecule has 3 aromatic carbocycles. The predicted molar refractivity (Wildman–Crippen MR) is 137 cm³/mol. The molecule has 0 saturated carbocycles. The number of carbonyl (C=O) groups is 2. The molecule has 0 atom stereocenters. The van der Waals surface area contributed by atoms with E-state index in [-0.39, 0.29) is 17.5 Å². The molecule has 0 aliphatic heterocycles. The summed E-state index contributed by atoms with van der Waals surface area (Å²) in [6.07, 6.45) is 2.82. The molecule has 1 aliphatic carbocycles. The van der Waals surface area contributed by atoms with E-state index < -0.39 is 17.6 Å². The SMILES string of the molecule is COc1cc2nccc(Oc3ccc(N=NC(=O)C(=O)NC4Cc5ccccc5C4)cc3F)c2cc1OC. The average molecular weight is 515 g/mol. The monoisotopic (exact) mass is 514 g/mol. The summed E-state index contributed by atoms with van der Waals surface area (Å²) in [6.45, 7) is 0. The van der Waals surface area contributed by atoms with Crippen molar-refractivity contribution in [3.63, 3.8) is 0 Å². The van der Waals surface area contributed by atoms with Gasteiger partial charge in [-0.1, -0.05) is 24.3 Å². The van der Waals surface area contributed by atoms with Crippen LogP contribution in [0.25, 0.3) is 10.9 Å². The molecule has 9 nitrogen and oxygen atoms in total. The zero-order valence-corrected chi connectivity index (χ0v) is 20.6. The lowest BCUT2D eigenvalue weighted by Crippen LogP contribution is -2.39. The number of hydrogen-bond donors (Lipinski definition) is 1. The highest BCUT2D eigenvalue weighted by molar-refractivity contribution is 6.35. The minimum Gasteiger partial charge on any atom is -0.493 e. The van der Waals surface area contributed by atoms with Crippen molar-refractivity contribution in [3.05, 3.63) is 83.8 Å². The summed E-state index contributed by atoms with van der Waals surface area (Å²) in [5.74, 6) is -1.39. The highest BCUT2D eigenvalue weighted by atomic mass is 19.1. The first-order valence-corrected chi connectivity index (χ1v) is 11.8. The van der Waals surface area contributed by atoms with Gasteiger partial charge in [0, 0.05) is 29.8 Å². The van der Waals surface area contributed by atoms with Crippen molar-refractivity contribution in [1.82, 2.24) is 10.3 Å². The van der Waals surface area contributed by atoms with Gasteiger partial charge in [-0.25, -0.2) is 4.39 Å². The van der Waals surface area contributed by atoms with Gasteiger partial charge in [0.25, 0.3) is 0 Å². The summed E-state index contributed by atoms with van der Waals surface area (Å²) < 4.78 is 31.3. The molecule has 192 valence electrons. The summed E-state index contributed by atoms with van der Waals surface area (Å²) in [7, 11) is 3.03. The number of pyridine rings is 1. The number of benzene rings is 3. The Bertz CT molecular complexity index is 1550. The first-order chi connectivity index (χ1) is 18.4. The van der Waals surface area contributed by atoms with Crippen LogP contribution in [0, 0.1) is 5.82 Å². The molecule has 5 rings (SSSR count). The summed E-state index contributed by atoms with van der Waals surface area (Å²) >= 11 is 0. The van der Waals surface area contributed by atoms with E-state index in [0.717, 1.165) is 17.2 Å². The van der Waals surface area contributed by atoms with E-state index >= 15 is 0 Å². The third-order valence-electron chi connectivity index (χ3n) is 6.18. The van der Waals surface area contributed by atoms with Crippen LogP contribution < -0.4 is 19.5 Å². The Kier molecular flexibility index (Phi) is 6.94. The Morgan fingerprint density at radius 2 is 1.63 bits per heavy atom. The minimum absolute atomic E-state index is 0.0512. The normalized spacial score (nSPS) is 12.9. The van der Waals surface area contributed by atoms with Gasteiger partial charge in [0.2, 0.25) is 0 Å². The molecule has 1 aromatic heterocycles. The smallest absolute Gasteiger partial charge is 0.353 e. The molecule has 4 aromatic rings. The van der Waals surface area contributed by atoms with Crippen molar-refractivity contribution in [2.45, 2.75) is 18.9 Å². The zero-order chi connectivity index (χ0) is 26.6. The minimum atomic E-state index is -1.06. The molecule has 0 fully saturated rings. The fraction of sp³-hybridized carbons (Fsp3) is 0.179. The van der Waals surface area contributed by atoms with E-state index in [1.807, 2.05) is 24.3 Å². The average Bonchev–Trinajstić information content (AvgIpc) is 3.34. The summed E-state index contributed by atoms with van der Waals surface area (Å²) in [4.78, 5) is 28.7. The maximum Gasteiger partial charge on any atom is 0.353 e. The quantitative estimate of drug-likeness (QED) is 0.284. The third kappa shape index (κ3) is 5.15. The highest BCUT2D eigenvalue weighted by Gasteiger charge is 2.25. The molecule has 0 bridgehead atoms. The van der Waals surface area contributed by atoms with Crippen LogP contribution in [0.2, 0.25) is 0 Å². The lowest BCUT2D eigenvalue weighted by molar-refractivity contribution is -0.137. The molecule has 2 amide bonds. The van der Waals surface area contributed by atoms with Gasteiger partial charge < -0.3 is 19.5 Å². The Labute approximate surface area is 217 Å². The largest absolute Gasteiger partial charge is 0.493 e. The maximum atomic E-state index is 14.8. The molecule has 0 spiro atoms. The molecule has 1 heterocycles. The van der Waals surface area contributed by atoms with Gasteiger partial charge in [0.1, 0.15) is 5.75 Å². The first kappa shape index (κ1) is 24.8. The van der Waals surface area contributed by atoms with E-state index in [4.69, 9.17) is 14.2 Å². The molecule has 0 saturated heterocycles. The number of methoxy groups -OCH3 is 2. The number of halogens is 1. The molecule has 0 unspecified atom stereocenters. The second kappa shape index (κ2) is 10.6. The Hall–Kier alpha value is -4.86. The van der Waals surface area contributed by atoms with E-state index in [1.165, 1.54) is 32.5 Å². The van der Waals surface area contributed by atoms with Gasteiger partial charge in [-0.05, 0) is 48.2 Å². The standard InChI is InChI=1S/C28H23FN4O5/c1-36-25-14-20-22(15-26(25)37-2)30-10-9-23(20)38-24-8-7-18(13-21(24)29)32-33-28(35)27(34)31-19-11-16-5-3-4-6-17(16)12-19/h3-10,13-15,19H,11-12H2,1-2H3,(H,31,34). The number of rotatable bonds is 6. The van der Waals surface area contributed by atoms with Crippen LogP contribution in [-0.4, -0.2) is 37.1 Å². The molecule has 1 N–H and O–H groups in total. The number of azo groups is 1. The van der Waals surface area contributed by atoms with E-state index in [2.05, 4.69) is 20.5 Å². The van der Waals surface area contributed by atoms with Gasteiger partial charge in [0.15, 0.2) is 23.1 Å². The van der Waals surface area contributed by atoms with Crippen molar-refractivity contribution < 1.29 is 28.2 Å². The van der Waals surface area contributed by atoms with E-state index in [1.54, 1.807) is 18.2 Å². The molecular weight excluding hydrogens is 491 g/mol. The summed E-state index contributed by atoms with van der Waals surface area (Å²) in [5.41, 5.74) is 2.91. The number of ether oxygens (including phenoxy) is 3. The highest BCUT2D eigenvalue weighted by Crippen LogP contribution is 2.37. The Balaban J connectivity index is 1.26. The zero-order valence-electron chi connectivity index (χ0n) is 20.6. The lowest BCUT2D eigenvalue weighted by atomic mass is 10.1. The number of fused-ring (bicyclic) bond motifs is 2. The van der Waals surface area contributed by atoms with Crippen LogP contribution in [0.4, 0.5) is 10.1 Å². The topological polar surface area (TPSA) is 111 Å². The van der Waals surface area contributed by atoms with Crippen molar-refractivity contribution in [2.75, 3.05) is 14.2 Å². The van der Waals surface area contributed by atoms with Crippen LogP contribution in [-0.2, 0) is 22.4 Å². The Morgan fingerprint density at radius 1 is 0.921 bits per heavy atom. The summed E-state index contributed by atoms with van der Waals surface area (Å²) in [5, 5.41) is 10.4. The second-order valence-electron chi connectivity index (χ2n) is 8.60. The summed E-state index contributed by atoms with van der Waals surface area (Å²) in [6, 6.07) is 16.5. The van der Waals surface area contributed by atoms with Crippen LogP contribution in [0.15, 0.2) is 77.1 Å². The number of nitrogens with zero attached hydrogens (tertiary/aromatic N) is 3. The lowest BCUT2D eigenvalue weighted by Gasteiger charge is -2.12. The molecule has 1 aliphatic rings. The fourth-order valence-corrected chi connectivity index (χ4v) is 4.35. The van der Waals surface area contributed by atoms with Gasteiger partial charge in [-0.15, -0.1) is 10.2 Å². The van der Waals surface area contributed by atoms with E-state index in [9.17, 15) is 14.0 Å². The molecular formula is C28H23FN4O5. The fourth-order valence-electron chi connectivity index (χ4n) is 4.35. The van der Waals surface area contributed by atoms with Crippen molar-refractivity contribution >= 4 is 28.4 Å². The van der Waals surface area contributed by atoms with Crippen molar-refractivity contribution in [2.24, 2.45) is 10.2 Å². The number of carbonyl (C=O) groups excluding carboxylic acids is 2. The van der Waals surface area contributed by atoms with Gasteiger partial charge >= 0.3 is 11.8 Å². The molecule has 10 heteroatoms. The predicted octanol–water partition coefficient (Wildman–Crippen LogP) is 5.08. The van der Waals surface area contributed by atoms with Gasteiger partial charge in [-0.2, -0.15) is 0 Å². The second-order valence-corrected chi connectivity index (χ2v) is 8.60. The van der Waals surface area contributed by atoms with Crippen LogP contribution in [0.1, 0.15) is 11.1 Å². The van der Waals surface area contributed by atoms with E-state index in [0.29, 0.717) is 41.0 Å². The van der Waals surface area contributed by atoms with Crippen molar-refractivity contribution in [3.8, 4) is 23.0 Å². The van der Waals surface area contributed by atoms with Crippen LogP contribution in [0.5, 0.6) is 23.0 Å². The van der Waals surface area contributed by atoms with Gasteiger partial charge in [-0.3, -0.25) is 14.6 Å². The number of nitrogens with one attached hydrogen (secondary N) is 1. The van der Waals surface area contributed by atoms with Crippen LogP contribution in [0.3, 0.4) is 0 Å². The first-order valence-electron chi connectivity index (χ1n) is 11.8. The third-order valence-corrected chi connectivity index (χ3v) is 6.18. The van der Waals surface area contributed by atoms with Gasteiger partial charge in [0.05, 0.1) is 25.4 Å². The molecule has 0 radical (unpaired) electrons. The van der Waals surface area contributed by atoms with Crippen LogP contribution >= 0.6 is 0 Å². The van der Waals surface area contributed by atoms with Crippen molar-refractivity contribution in [1.29, 1.82) is 0 Å². The number of hydrogen-bond acceptors (Lipinski definition) is 7. The maximum absolute atomic E-state index is 14.8.